The number of likely N-dealkylation sites (N-methyl/N-ethyl adjacent to an activating group) is 1. The Bertz CT molecular complexity index is 419. The molecule has 0 radical (unpaired) electrons. The summed E-state index contributed by atoms with van der Waals surface area (Å²) in [5.74, 6) is 0. The minimum Gasteiger partial charge on any atom is -0.323 e. The molecule has 1 saturated heterocycles. The monoisotopic (exact) mass is 261 g/mol. The van der Waals surface area contributed by atoms with Crippen LogP contribution in [0, 0.1) is 0 Å². The highest BCUT2D eigenvalue weighted by Crippen LogP contribution is 2.26. The maximum atomic E-state index is 12.4. The standard InChI is InChI=1S/C15H23N3O/c1-4-17-12-14(10-11-16(2)3)18(15(17)19)13-8-6-5-7-9-13/h5-9,14H,4,10-12H2,1-3H3. The molecule has 1 unspecified atom stereocenters. The van der Waals surface area contributed by atoms with Crippen molar-refractivity contribution in [3.8, 4) is 0 Å². The number of carbonyl (C=O) groups excluding carboxylic acids is 1. The van der Waals surface area contributed by atoms with Crippen molar-refractivity contribution in [2.75, 3.05) is 38.6 Å². The van der Waals surface area contributed by atoms with Gasteiger partial charge in [0.2, 0.25) is 0 Å². The first-order valence-electron chi connectivity index (χ1n) is 6.91. The van der Waals surface area contributed by atoms with E-state index in [9.17, 15) is 4.79 Å². The van der Waals surface area contributed by atoms with Gasteiger partial charge in [-0.25, -0.2) is 4.79 Å². The van der Waals surface area contributed by atoms with Crippen LogP contribution in [0.3, 0.4) is 0 Å². The van der Waals surface area contributed by atoms with Gasteiger partial charge in [0.25, 0.3) is 0 Å². The third kappa shape index (κ3) is 3.07. The minimum absolute atomic E-state index is 0.137. The van der Waals surface area contributed by atoms with E-state index in [0.717, 1.165) is 31.7 Å². The van der Waals surface area contributed by atoms with Crippen molar-refractivity contribution in [1.82, 2.24) is 9.80 Å². The fraction of sp³-hybridized carbons (Fsp3) is 0.533. The lowest BCUT2D eigenvalue weighted by Crippen LogP contribution is -2.36. The Kier molecular flexibility index (Phi) is 4.43. The Morgan fingerprint density at radius 3 is 2.53 bits per heavy atom. The van der Waals surface area contributed by atoms with E-state index in [2.05, 4.69) is 19.0 Å². The number of nitrogens with zero attached hydrogens (tertiary/aromatic N) is 3. The van der Waals surface area contributed by atoms with E-state index < -0.39 is 0 Å². The topological polar surface area (TPSA) is 26.8 Å². The second-order valence-corrected chi connectivity index (χ2v) is 5.27. The van der Waals surface area contributed by atoms with Crippen LogP contribution in [0.5, 0.6) is 0 Å². The third-order valence-corrected chi connectivity index (χ3v) is 3.60. The number of hydrogen-bond acceptors (Lipinski definition) is 2. The van der Waals surface area contributed by atoms with Gasteiger partial charge in [-0.05, 0) is 46.1 Å². The van der Waals surface area contributed by atoms with Gasteiger partial charge in [-0.2, -0.15) is 0 Å². The van der Waals surface area contributed by atoms with Crippen molar-refractivity contribution in [2.24, 2.45) is 0 Å². The Hall–Kier alpha value is -1.55. The highest BCUT2D eigenvalue weighted by atomic mass is 16.2. The van der Waals surface area contributed by atoms with E-state index in [4.69, 9.17) is 0 Å². The van der Waals surface area contributed by atoms with Crippen LogP contribution in [0.4, 0.5) is 10.5 Å². The average Bonchev–Trinajstić information content (AvgIpc) is 2.73. The molecule has 0 spiro atoms. The van der Waals surface area contributed by atoms with Crippen molar-refractivity contribution in [1.29, 1.82) is 0 Å². The van der Waals surface area contributed by atoms with Gasteiger partial charge < -0.3 is 9.80 Å². The molecule has 1 fully saturated rings. The Balaban J connectivity index is 2.17. The van der Waals surface area contributed by atoms with E-state index >= 15 is 0 Å². The quantitative estimate of drug-likeness (QED) is 0.813. The highest BCUT2D eigenvalue weighted by Gasteiger charge is 2.36. The smallest absolute Gasteiger partial charge is 0.323 e. The van der Waals surface area contributed by atoms with Crippen LogP contribution in [-0.4, -0.2) is 55.6 Å². The zero-order chi connectivity index (χ0) is 13.8. The van der Waals surface area contributed by atoms with E-state index in [1.54, 1.807) is 0 Å². The molecule has 0 saturated carbocycles. The molecule has 0 N–H and O–H groups in total. The summed E-state index contributed by atoms with van der Waals surface area (Å²) in [7, 11) is 4.14. The fourth-order valence-electron chi connectivity index (χ4n) is 2.52. The number of hydrogen-bond donors (Lipinski definition) is 0. The zero-order valence-electron chi connectivity index (χ0n) is 12.0. The van der Waals surface area contributed by atoms with Crippen LogP contribution < -0.4 is 4.90 Å². The zero-order valence-corrected chi connectivity index (χ0v) is 12.0. The summed E-state index contributed by atoms with van der Waals surface area (Å²) in [4.78, 5) is 18.5. The van der Waals surface area contributed by atoms with Crippen LogP contribution in [0.2, 0.25) is 0 Å². The SMILES string of the molecule is CCN1CC(CCN(C)C)N(c2ccccc2)C1=O. The first kappa shape index (κ1) is 13.9. The van der Waals surface area contributed by atoms with Crippen molar-refractivity contribution in [2.45, 2.75) is 19.4 Å². The van der Waals surface area contributed by atoms with Gasteiger partial charge >= 0.3 is 6.03 Å². The molecular weight excluding hydrogens is 238 g/mol. The summed E-state index contributed by atoms with van der Waals surface area (Å²) < 4.78 is 0. The number of urea groups is 1. The molecule has 1 atom stereocenters. The Labute approximate surface area is 115 Å². The van der Waals surface area contributed by atoms with Gasteiger partial charge in [0, 0.05) is 18.8 Å². The third-order valence-electron chi connectivity index (χ3n) is 3.60. The van der Waals surface area contributed by atoms with E-state index in [0.29, 0.717) is 0 Å². The highest BCUT2D eigenvalue weighted by molar-refractivity contribution is 5.95. The number of amides is 2. The average molecular weight is 261 g/mol. The van der Waals surface area contributed by atoms with Crippen molar-refractivity contribution in [3.63, 3.8) is 0 Å². The number of benzene rings is 1. The number of rotatable bonds is 5. The normalized spacial score (nSPS) is 19.6. The number of carbonyl (C=O) groups is 1. The van der Waals surface area contributed by atoms with E-state index in [1.165, 1.54) is 0 Å². The van der Waals surface area contributed by atoms with Gasteiger partial charge in [0.1, 0.15) is 0 Å². The molecule has 0 aliphatic carbocycles. The molecule has 1 aromatic rings. The Morgan fingerprint density at radius 1 is 1.26 bits per heavy atom. The molecular formula is C15H23N3O. The van der Waals surface area contributed by atoms with Gasteiger partial charge in [0.05, 0.1) is 6.04 Å². The second kappa shape index (κ2) is 6.06. The molecule has 19 heavy (non-hydrogen) atoms. The molecule has 1 aromatic carbocycles. The molecule has 0 bridgehead atoms. The van der Waals surface area contributed by atoms with Crippen LogP contribution in [0.15, 0.2) is 30.3 Å². The summed E-state index contributed by atoms with van der Waals surface area (Å²) in [6.45, 7) is 4.65. The van der Waals surface area contributed by atoms with E-state index in [1.807, 2.05) is 47.1 Å². The van der Waals surface area contributed by atoms with Gasteiger partial charge in [-0.1, -0.05) is 18.2 Å². The largest absolute Gasteiger partial charge is 0.324 e. The molecule has 2 rings (SSSR count). The molecule has 4 heteroatoms. The predicted molar refractivity (Wildman–Crippen MR) is 78.5 cm³/mol. The molecule has 0 aromatic heterocycles. The summed E-state index contributed by atoms with van der Waals surface area (Å²) in [5.41, 5.74) is 1.01. The molecule has 4 nitrogen and oxygen atoms in total. The first-order valence-corrected chi connectivity index (χ1v) is 6.91. The maximum Gasteiger partial charge on any atom is 0.324 e. The van der Waals surface area contributed by atoms with Crippen molar-refractivity contribution >= 4 is 11.7 Å². The van der Waals surface area contributed by atoms with Crippen molar-refractivity contribution < 1.29 is 4.79 Å². The summed E-state index contributed by atoms with van der Waals surface area (Å²) >= 11 is 0. The minimum atomic E-state index is 0.137. The van der Waals surface area contributed by atoms with Gasteiger partial charge in [-0.3, -0.25) is 4.90 Å². The number of anilines is 1. The number of para-hydroxylation sites is 1. The van der Waals surface area contributed by atoms with E-state index in [-0.39, 0.29) is 12.1 Å². The Morgan fingerprint density at radius 2 is 1.95 bits per heavy atom. The molecule has 1 aliphatic rings. The molecule has 2 amide bonds. The lowest BCUT2D eigenvalue weighted by Gasteiger charge is -2.24. The van der Waals surface area contributed by atoms with Crippen molar-refractivity contribution in [3.05, 3.63) is 30.3 Å². The van der Waals surface area contributed by atoms with Crippen LogP contribution in [-0.2, 0) is 0 Å². The van der Waals surface area contributed by atoms with Crippen LogP contribution in [0.1, 0.15) is 13.3 Å². The predicted octanol–water partition coefficient (Wildman–Crippen LogP) is 2.27. The first-order chi connectivity index (χ1) is 9.13. The maximum absolute atomic E-state index is 12.4. The van der Waals surface area contributed by atoms with Gasteiger partial charge in [-0.15, -0.1) is 0 Å². The van der Waals surface area contributed by atoms with Crippen LogP contribution in [0.25, 0.3) is 0 Å². The molecule has 1 heterocycles. The molecule has 1 aliphatic heterocycles. The van der Waals surface area contributed by atoms with Crippen LogP contribution >= 0.6 is 0 Å². The summed E-state index contributed by atoms with van der Waals surface area (Å²) in [6.07, 6.45) is 1.00. The fourth-order valence-corrected chi connectivity index (χ4v) is 2.52. The van der Waals surface area contributed by atoms with Gasteiger partial charge in [0.15, 0.2) is 0 Å². The lowest BCUT2D eigenvalue weighted by atomic mass is 10.1. The lowest BCUT2D eigenvalue weighted by molar-refractivity contribution is 0.223. The molecule has 104 valence electrons. The summed E-state index contributed by atoms with van der Waals surface area (Å²) in [6, 6.07) is 10.4. The second-order valence-electron chi connectivity index (χ2n) is 5.27. The summed E-state index contributed by atoms with van der Waals surface area (Å²) in [5, 5.41) is 0.